The van der Waals surface area contributed by atoms with Crippen molar-refractivity contribution in [1.29, 1.82) is 0 Å². The fraction of sp³-hybridized carbons (Fsp3) is 0.600. The minimum Gasteiger partial charge on any atom is -0.379 e. The first-order chi connectivity index (χ1) is 11.3. The Morgan fingerprint density at radius 1 is 1.33 bits per heavy atom. The molecule has 3 rings (SSSR count). The molecule has 2 aromatic rings. The first kappa shape index (κ1) is 17.5. The van der Waals surface area contributed by atoms with Crippen LogP contribution in [-0.4, -0.2) is 61.8 Å². The molecule has 3 heterocycles. The zero-order valence-corrected chi connectivity index (χ0v) is 15.9. The van der Waals surface area contributed by atoms with E-state index in [4.69, 9.17) is 4.74 Å². The quantitative estimate of drug-likeness (QED) is 0.861. The van der Waals surface area contributed by atoms with E-state index in [1.54, 1.807) is 31.8 Å². The Balaban J connectivity index is 1.85. The van der Waals surface area contributed by atoms with E-state index in [0.717, 1.165) is 21.6 Å². The van der Waals surface area contributed by atoms with Crippen molar-refractivity contribution in [3.05, 3.63) is 16.8 Å². The van der Waals surface area contributed by atoms with Crippen molar-refractivity contribution in [2.24, 2.45) is 5.92 Å². The van der Waals surface area contributed by atoms with E-state index in [1.807, 2.05) is 0 Å². The maximum Gasteiger partial charge on any atom is 0.214 e. The van der Waals surface area contributed by atoms with Gasteiger partial charge in [-0.2, -0.15) is 0 Å². The molecule has 2 atom stereocenters. The zero-order chi connectivity index (χ0) is 17.5. The average Bonchev–Trinajstić information content (AvgIpc) is 3.04. The van der Waals surface area contributed by atoms with Crippen LogP contribution in [0.15, 0.2) is 6.33 Å². The van der Waals surface area contributed by atoms with Gasteiger partial charge in [-0.25, -0.2) is 22.7 Å². The number of thiophene rings is 1. The van der Waals surface area contributed by atoms with Crippen LogP contribution in [0.2, 0.25) is 0 Å². The Bertz CT molecular complexity index is 848. The molecular formula is C15H22N4O3S2. The van der Waals surface area contributed by atoms with Gasteiger partial charge in [0.1, 0.15) is 17.0 Å². The van der Waals surface area contributed by atoms with E-state index in [0.29, 0.717) is 13.2 Å². The van der Waals surface area contributed by atoms with Crippen molar-refractivity contribution < 1.29 is 13.2 Å². The highest BCUT2D eigenvalue weighted by molar-refractivity contribution is 7.89. The molecule has 0 saturated carbocycles. The fourth-order valence-corrected chi connectivity index (χ4v) is 4.97. The maximum atomic E-state index is 12.2. The Morgan fingerprint density at radius 2 is 2.08 bits per heavy atom. The van der Waals surface area contributed by atoms with Crippen molar-refractivity contribution in [3.63, 3.8) is 0 Å². The van der Waals surface area contributed by atoms with Gasteiger partial charge in [0.15, 0.2) is 0 Å². The lowest BCUT2D eigenvalue weighted by Gasteiger charge is -2.21. The third kappa shape index (κ3) is 3.26. The van der Waals surface area contributed by atoms with E-state index in [9.17, 15) is 8.42 Å². The minimum absolute atomic E-state index is 0.0630. The van der Waals surface area contributed by atoms with Crippen LogP contribution in [0, 0.1) is 19.8 Å². The lowest BCUT2D eigenvalue weighted by atomic mass is 10.1. The molecule has 0 bridgehead atoms. The summed E-state index contributed by atoms with van der Waals surface area (Å²) >= 11 is 1.64. The number of hydrogen-bond donors (Lipinski definition) is 1. The van der Waals surface area contributed by atoms with Crippen LogP contribution in [-0.2, 0) is 14.8 Å². The Morgan fingerprint density at radius 3 is 2.79 bits per heavy atom. The molecule has 1 fully saturated rings. The summed E-state index contributed by atoms with van der Waals surface area (Å²) in [6.45, 7) is 5.03. The highest BCUT2D eigenvalue weighted by Crippen LogP contribution is 2.33. The lowest BCUT2D eigenvalue weighted by molar-refractivity contribution is 0.187. The maximum absolute atomic E-state index is 12.2. The summed E-state index contributed by atoms with van der Waals surface area (Å²) < 4.78 is 31.1. The van der Waals surface area contributed by atoms with Crippen molar-refractivity contribution in [2.75, 3.05) is 38.4 Å². The standard InChI is InChI=1S/C15H22N4O3S2/c1-9-10(2)23-15-13(9)14(16-8-17-15)18-12-6-22-5-11(12)7-24(20,21)19(3)4/h8,11-12H,5-7H2,1-4H3,(H,16,17,18)/t11-,12+/m0/s1. The minimum atomic E-state index is -3.27. The molecule has 0 aliphatic carbocycles. The molecule has 0 amide bonds. The van der Waals surface area contributed by atoms with Gasteiger partial charge in [0, 0.05) is 24.9 Å². The molecule has 1 N–H and O–H groups in total. The number of anilines is 1. The van der Waals surface area contributed by atoms with E-state index >= 15 is 0 Å². The molecule has 1 saturated heterocycles. The second-order valence-electron chi connectivity index (χ2n) is 6.29. The highest BCUT2D eigenvalue weighted by atomic mass is 32.2. The fourth-order valence-electron chi connectivity index (χ4n) is 2.81. The molecule has 0 radical (unpaired) electrons. The van der Waals surface area contributed by atoms with Gasteiger partial charge in [0.25, 0.3) is 0 Å². The Labute approximate surface area is 146 Å². The third-order valence-corrected chi connectivity index (χ3v) is 7.54. The van der Waals surface area contributed by atoms with Crippen LogP contribution in [0.4, 0.5) is 5.82 Å². The monoisotopic (exact) mass is 370 g/mol. The van der Waals surface area contributed by atoms with E-state index in [1.165, 1.54) is 9.18 Å². The highest BCUT2D eigenvalue weighted by Gasteiger charge is 2.33. The van der Waals surface area contributed by atoms with Crippen molar-refractivity contribution in [2.45, 2.75) is 19.9 Å². The summed E-state index contributed by atoms with van der Waals surface area (Å²) in [7, 11) is -0.162. The molecule has 0 spiro atoms. The lowest BCUT2D eigenvalue weighted by Crippen LogP contribution is -2.37. The van der Waals surface area contributed by atoms with Gasteiger partial charge in [-0.15, -0.1) is 11.3 Å². The van der Waals surface area contributed by atoms with Crippen LogP contribution in [0.1, 0.15) is 10.4 Å². The average molecular weight is 371 g/mol. The van der Waals surface area contributed by atoms with Crippen LogP contribution < -0.4 is 5.32 Å². The number of fused-ring (bicyclic) bond motifs is 1. The van der Waals surface area contributed by atoms with E-state index in [2.05, 4.69) is 29.1 Å². The van der Waals surface area contributed by atoms with Crippen molar-refractivity contribution in [3.8, 4) is 0 Å². The number of hydrogen-bond acceptors (Lipinski definition) is 7. The van der Waals surface area contributed by atoms with Gasteiger partial charge in [-0.05, 0) is 19.4 Å². The van der Waals surface area contributed by atoms with Gasteiger partial charge in [0.2, 0.25) is 10.0 Å². The smallest absolute Gasteiger partial charge is 0.214 e. The molecule has 9 heteroatoms. The normalized spacial score (nSPS) is 21.7. The molecule has 7 nitrogen and oxygen atoms in total. The number of nitrogens with one attached hydrogen (secondary N) is 1. The Kier molecular flexibility index (Phi) is 4.78. The summed E-state index contributed by atoms with van der Waals surface area (Å²) in [6, 6.07) is -0.0857. The number of aromatic nitrogens is 2. The first-order valence-corrected chi connectivity index (χ1v) is 10.2. The number of rotatable bonds is 5. The third-order valence-electron chi connectivity index (χ3n) is 4.47. The van der Waals surface area contributed by atoms with E-state index in [-0.39, 0.29) is 17.7 Å². The van der Waals surface area contributed by atoms with Gasteiger partial charge >= 0.3 is 0 Å². The summed E-state index contributed by atoms with van der Waals surface area (Å²) in [5, 5.41) is 4.41. The predicted octanol–water partition coefficient (Wildman–Crippen LogP) is 1.63. The van der Waals surface area contributed by atoms with E-state index < -0.39 is 10.0 Å². The zero-order valence-electron chi connectivity index (χ0n) is 14.2. The second-order valence-corrected chi connectivity index (χ2v) is 9.73. The molecule has 2 aromatic heterocycles. The summed E-state index contributed by atoms with van der Waals surface area (Å²) in [5.74, 6) is 0.708. The molecule has 0 unspecified atom stereocenters. The van der Waals surface area contributed by atoms with Crippen LogP contribution >= 0.6 is 11.3 Å². The molecule has 24 heavy (non-hydrogen) atoms. The summed E-state index contributed by atoms with van der Waals surface area (Å²) in [5.41, 5.74) is 1.16. The van der Waals surface area contributed by atoms with Crippen LogP contribution in [0.3, 0.4) is 0 Å². The van der Waals surface area contributed by atoms with Crippen LogP contribution in [0.25, 0.3) is 10.2 Å². The molecular weight excluding hydrogens is 348 g/mol. The number of aryl methyl sites for hydroxylation is 2. The van der Waals surface area contributed by atoms with Crippen molar-refractivity contribution >= 4 is 37.4 Å². The van der Waals surface area contributed by atoms with Gasteiger partial charge in [-0.1, -0.05) is 0 Å². The van der Waals surface area contributed by atoms with Gasteiger partial charge in [-0.3, -0.25) is 0 Å². The number of ether oxygens (including phenoxy) is 1. The molecule has 132 valence electrons. The molecule has 1 aliphatic heterocycles. The van der Waals surface area contributed by atoms with Gasteiger partial charge < -0.3 is 10.1 Å². The topological polar surface area (TPSA) is 84.4 Å². The second kappa shape index (κ2) is 6.55. The van der Waals surface area contributed by atoms with Crippen LogP contribution in [0.5, 0.6) is 0 Å². The van der Waals surface area contributed by atoms with Crippen molar-refractivity contribution in [1.82, 2.24) is 14.3 Å². The largest absolute Gasteiger partial charge is 0.379 e. The Hall–Kier alpha value is -1.29. The van der Waals surface area contributed by atoms with Gasteiger partial charge in [0.05, 0.1) is 30.4 Å². The molecule has 0 aromatic carbocycles. The summed E-state index contributed by atoms with van der Waals surface area (Å²) in [6.07, 6.45) is 1.54. The molecule has 1 aliphatic rings. The predicted molar refractivity (Wildman–Crippen MR) is 96.1 cm³/mol. The summed E-state index contributed by atoms with van der Waals surface area (Å²) in [4.78, 5) is 10.9. The number of sulfonamides is 1. The first-order valence-electron chi connectivity index (χ1n) is 7.74. The number of nitrogens with zero attached hydrogens (tertiary/aromatic N) is 3. The SMILES string of the molecule is Cc1sc2ncnc(N[C@@H]3COC[C@H]3CS(=O)(=O)N(C)C)c2c1C.